The molecule has 0 fully saturated rings. The van der Waals surface area contributed by atoms with Crippen LogP contribution in [0.25, 0.3) is 0 Å². The average molecular weight is 259 g/mol. The minimum absolute atomic E-state index is 0.00630. The van der Waals surface area contributed by atoms with Crippen molar-refractivity contribution in [2.75, 3.05) is 26.0 Å². The van der Waals surface area contributed by atoms with Crippen molar-refractivity contribution in [3.05, 3.63) is 29.3 Å². The Hall–Kier alpha value is -1.86. The summed E-state index contributed by atoms with van der Waals surface area (Å²) in [4.78, 5) is 13.7. The van der Waals surface area contributed by atoms with Crippen LogP contribution in [0.3, 0.4) is 0 Å². The zero-order chi connectivity index (χ0) is 14.4. The van der Waals surface area contributed by atoms with Crippen LogP contribution in [0.2, 0.25) is 0 Å². The lowest BCUT2D eigenvalue weighted by Crippen LogP contribution is -2.23. The highest BCUT2D eigenvalue weighted by molar-refractivity contribution is 5.99. The molecule has 0 saturated carbocycles. The molecule has 1 N–H and O–H groups in total. The van der Waals surface area contributed by atoms with Crippen molar-refractivity contribution >= 4 is 11.5 Å². The van der Waals surface area contributed by atoms with Gasteiger partial charge in [-0.15, -0.1) is 0 Å². The Morgan fingerprint density at radius 3 is 2.68 bits per heavy atom. The molecule has 0 aliphatic heterocycles. The van der Waals surface area contributed by atoms with E-state index in [2.05, 4.69) is 23.2 Å². The molecule has 102 valence electrons. The molecule has 0 saturated heterocycles. The van der Waals surface area contributed by atoms with Crippen LogP contribution >= 0.6 is 0 Å². The topological polar surface area (TPSA) is 56.1 Å². The number of Topliss-reactive ketones (excluding diaryl/α,β-unsaturated/α-hetero) is 1. The van der Waals surface area contributed by atoms with Crippen LogP contribution < -0.4 is 5.32 Å². The Labute approximate surface area is 115 Å². The number of nitriles is 1. The lowest BCUT2D eigenvalue weighted by molar-refractivity contribution is 0.101. The number of anilines is 1. The summed E-state index contributed by atoms with van der Waals surface area (Å²) in [5.74, 6) is 0.00630. The molecule has 0 amide bonds. The van der Waals surface area contributed by atoms with E-state index in [0.29, 0.717) is 11.1 Å². The Morgan fingerprint density at radius 2 is 2.16 bits per heavy atom. The molecule has 0 aromatic heterocycles. The van der Waals surface area contributed by atoms with Gasteiger partial charge in [-0.1, -0.05) is 0 Å². The number of ketones is 1. The number of nitrogens with zero attached hydrogens (tertiary/aromatic N) is 2. The molecule has 0 radical (unpaired) electrons. The maximum Gasteiger partial charge on any atom is 0.161 e. The molecule has 0 heterocycles. The van der Waals surface area contributed by atoms with E-state index in [0.717, 1.165) is 18.7 Å². The second kappa shape index (κ2) is 6.91. The van der Waals surface area contributed by atoms with Crippen LogP contribution in [0.5, 0.6) is 0 Å². The zero-order valence-corrected chi connectivity index (χ0v) is 12.0. The molecule has 4 heteroatoms. The molecule has 1 aromatic rings. The van der Waals surface area contributed by atoms with Gasteiger partial charge in [0.05, 0.1) is 11.6 Å². The molecule has 0 spiro atoms. The van der Waals surface area contributed by atoms with Gasteiger partial charge in [-0.3, -0.25) is 4.79 Å². The van der Waals surface area contributed by atoms with Gasteiger partial charge in [-0.05, 0) is 59.1 Å². The van der Waals surface area contributed by atoms with E-state index < -0.39 is 0 Å². The Morgan fingerprint density at radius 1 is 1.47 bits per heavy atom. The largest absolute Gasteiger partial charge is 0.382 e. The van der Waals surface area contributed by atoms with Crippen LogP contribution in [0.1, 0.15) is 36.2 Å². The van der Waals surface area contributed by atoms with Crippen molar-refractivity contribution < 1.29 is 4.79 Å². The van der Waals surface area contributed by atoms with Crippen molar-refractivity contribution in [3.63, 3.8) is 0 Å². The van der Waals surface area contributed by atoms with Crippen molar-refractivity contribution in [3.8, 4) is 6.07 Å². The first-order valence-electron chi connectivity index (χ1n) is 6.40. The monoisotopic (exact) mass is 259 g/mol. The summed E-state index contributed by atoms with van der Waals surface area (Å²) in [5.41, 5.74) is 1.95. The number of hydrogen-bond acceptors (Lipinski definition) is 4. The van der Waals surface area contributed by atoms with Gasteiger partial charge in [0.2, 0.25) is 0 Å². The van der Waals surface area contributed by atoms with Crippen LogP contribution in [0.15, 0.2) is 18.2 Å². The van der Waals surface area contributed by atoms with Crippen LogP contribution in [0, 0.1) is 11.3 Å². The summed E-state index contributed by atoms with van der Waals surface area (Å²) in [7, 11) is 4.06. The number of carbonyl (C=O) groups excluding carboxylic acids is 1. The van der Waals surface area contributed by atoms with Gasteiger partial charge in [-0.25, -0.2) is 0 Å². The number of carbonyl (C=O) groups is 1. The van der Waals surface area contributed by atoms with E-state index in [1.54, 1.807) is 18.2 Å². The molecule has 1 aromatic carbocycles. The molecule has 19 heavy (non-hydrogen) atoms. The number of rotatable bonds is 6. The van der Waals surface area contributed by atoms with Crippen molar-refractivity contribution in [2.45, 2.75) is 26.3 Å². The SMILES string of the molecule is CC(=O)c1ccc(C#N)cc1NC(C)CCN(C)C. The molecule has 1 unspecified atom stereocenters. The second-order valence-electron chi connectivity index (χ2n) is 5.07. The first-order chi connectivity index (χ1) is 8.93. The fraction of sp³-hybridized carbons (Fsp3) is 0.467. The standard InChI is InChI=1S/C15H21N3O/c1-11(7-8-18(3)4)17-15-9-13(10-16)5-6-14(15)12(2)19/h5-6,9,11,17H,7-8H2,1-4H3. The summed E-state index contributed by atoms with van der Waals surface area (Å²) in [6.07, 6.45) is 0.973. The summed E-state index contributed by atoms with van der Waals surface area (Å²) in [5, 5.41) is 12.3. The van der Waals surface area contributed by atoms with Crippen molar-refractivity contribution in [2.24, 2.45) is 0 Å². The fourth-order valence-corrected chi connectivity index (χ4v) is 1.83. The average Bonchev–Trinajstić information content (AvgIpc) is 2.35. The minimum Gasteiger partial charge on any atom is -0.382 e. The normalized spacial score (nSPS) is 12.0. The number of hydrogen-bond donors (Lipinski definition) is 1. The highest BCUT2D eigenvalue weighted by Crippen LogP contribution is 2.19. The lowest BCUT2D eigenvalue weighted by atomic mass is 10.1. The van der Waals surface area contributed by atoms with Crippen LogP contribution in [0.4, 0.5) is 5.69 Å². The summed E-state index contributed by atoms with van der Waals surface area (Å²) in [6.45, 7) is 4.59. The Kier molecular flexibility index (Phi) is 5.53. The zero-order valence-electron chi connectivity index (χ0n) is 12.0. The smallest absolute Gasteiger partial charge is 0.161 e. The van der Waals surface area contributed by atoms with Gasteiger partial charge < -0.3 is 10.2 Å². The third kappa shape index (κ3) is 4.72. The van der Waals surface area contributed by atoms with Crippen LogP contribution in [-0.4, -0.2) is 37.4 Å². The van der Waals surface area contributed by atoms with Gasteiger partial charge >= 0.3 is 0 Å². The molecule has 4 nitrogen and oxygen atoms in total. The summed E-state index contributed by atoms with van der Waals surface area (Å²) < 4.78 is 0. The van der Waals surface area contributed by atoms with Gasteiger partial charge in [0.25, 0.3) is 0 Å². The van der Waals surface area contributed by atoms with Gasteiger partial charge in [0.15, 0.2) is 5.78 Å². The predicted molar refractivity (Wildman–Crippen MR) is 77.4 cm³/mol. The molecule has 1 rings (SSSR count). The molecule has 0 aliphatic rings. The highest BCUT2D eigenvalue weighted by atomic mass is 16.1. The number of benzene rings is 1. The third-order valence-electron chi connectivity index (χ3n) is 2.94. The predicted octanol–water partition coefficient (Wildman–Crippen LogP) is 2.51. The lowest BCUT2D eigenvalue weighted by Gasteiger charge is -2.19. The van der Waals surface area contributed by atoms with E-state index in [9.17, 15) is 4.79 Å². The molecule has 0 bridgehead atoms. The molecular weight excluding hydrogens is 238 g/mol. The summed E-state index contributed by atoms with van der Waals surface area (Å²) in [6, 6.07) is 7.46. The van der Waals surface area contributed by atoms with E-state index in [1.165, 1.54) is 6.92 Å². The second-order valence-corrected chi connectivity index (χ2v) is 5.07. The van der Waals surface area contributed by atoms with E-state index in [4.69, 9.17) is 5.26 Å². The van der Waals surface area contributed by atoms with Crippen LogP contribution in [-0.2, 0) is 0 Å². The van der Waals surface area contributed by atoms with Gasteiger partial charge in [0.1, 0.15) is 0 Å². The molecule has 0 aliphatic carbocycles. The van der Waals surface area contributed by atoms with Crippen molar-refractivity contribution in [1.29, 1.82) is 5.26 Å². The first-order valence-corrected chi connectivity index (χ1v) is 6.40. The maximum atomic E-state index is 11.6. The molecular formula is C15H21N3O. The van der Waals surface area contributed by atoms with Crippen molar-refractivity contribution in [1.82, 2.24) is 4.90 Å². The third-order valence-corrected chi connectivity index (χ3v) is 2.94. The number of nitrogens with one attached hydrogen (secondary N) is 1. The molecule has 1 atom stereocenters. The Balaban J connectivity index is 2.86. The highest BCUT2D eigenvalue weighted by Gasteiger charge is 2.11. The Bertz CT molecular complexity index is 489. The van der Waals surface area contributed by atoms with E-state index >= 15 is 0 Å². The fourth-order valence-electron chi connectivity index (χ4n) is 1.83. The van der Waals surface area contributed by atoms with E-state index in [1.807, 2.05) is 14.1 Å². The van der Waals surface area contributed by atoms with E-state index in [-0.39, 0.29) is 11.8 Å². The van der Waals surface area contributed by atoms with Gasteiger partial charge in [0, 0.05) is 17.3 Å². The van der Waals surface area contributed by atoms with Gasteiger partial charge in [-0.2, -0.15) is 5.26 Å². The minimum atomic E-state index is 0.00630. The quantitative estimate of drug-likeness (QED) is 0.798. The summed E-state index contributed by atoms with van der Waals surface area (Å²) >= 11 is 0. The first kappa shape index (κ1) is 15.2. The maximum absolute atomic E-state index is 11.6.